The van der Waals surface area contributed by atoms with Crippen LogP contribution in [0.25, 0.3) is 0 Å². The number of nitro benzene ring substituents is 1. The second kappa shape index (κ2) is 5.54. The van der Waals surface area contributed by atoms with Crippen LogP contribution in [-0.2, 0) is 4.79 Å². The van der Waals surface area contributed by atoms with E-state index in [0.717, 1.165) is 18.2 Å². The van der Waals surface area contributed by atoms with Crippen LogP contribution in [0.5, 0.6) is 0 Å². The van der Waals surface area contributed by atoms with Crippen LogP contribution in [0.4, 0.5) is 15.8 Å². The molecule has 1 fully saturated rings. The number of carbonyl (C=O) groups is 1. The molecule has 6 nitrogen and oxygen atoms in total. The van der Waals surface area contributed by atoms with Crippen molar-refractivity contribution in [1.29, 1.82) is 0 Å². The van der Waals surface area contributed by atoms with Crippen molar-refractivity contribution in [1.82, 2.24) is 5.32 Å². The molecule has 1 atom stereocenters. The summed E-state index contributed by atoms with van der Waals surface area (Å²) in [5.74, 6) is -0.882. The lowest BCUT2D eigenvalue weighted by Crippen LogP contribution is -2.41. The number of anilines is 1. The van der Waals surface area contributed by atoms with Gasteiger partial charge in [-0.05, 0) is 12.5 Å². The number of carbonyl (C=O) groups excluding carboxylic acids is 1. The Morgan fingerprint density at radius 1 is 1.50 bits per heavy atom. The fourth-order valence-corrected chi connectivity index (χ4v) is 2.30. The maximum atomic E-state index is 13.8. The van der Waals surface area contributed by atoms with E-state index in [0.29, 0.717) is 13.0 Å². The summed E-state index contributed by atoms with van der Waals surface area (Å²) >= 11 is 0. The molecule has 2 rings (SSSR count). The summed E-state index contributed by atoms with van der Waals surface area (Å²) in [6.45, 7) is 4.19. The largest absolute Gasteiger partial charge is 0.308 e. The molecule has 1 aliphatic rings. The molecule has 0 radical (unpaired) electrons. The maximum Gasteiger partial charge on any atom is 0.271 e. The Bertz CT molecular complexity index is 548. The highest BCUT2D eigenvalue weighted by Gasteiger charge is 2.34. The third-order valence-corrected chi connectivity index (χ3v) is 3.17. The Morgan fingerprint density at radius 3 is 2.80 bits per heavy atom. The van der Waals surface area contributed by atoms with Crippen molar-refractivity contribution in [2.75, 3.05) is 11.4 Å². The number of non-ortho nitro benzene ring substituents is 1. The monoisotopic (exact) mass is 281 g/mol. The van der Waals surface area contributed by atoms with Crippen LogP contribution in [0, 0.1) is 15.9 Å². The smallest absolute Gasteiger partial charge is 0.271 e. The van der Waals surface area contributed by atoms with Gasteiger partial charge in [0.15, 0.2) is 0 Å². The van der Waals surface area contributed by atoms with Gasteiger partial charge in [0.05, 0.1) is 16.7 Å². The van der Waals surface area contributed by atoms with Crippen LogP contribution in [-0.4, -0.2) is 29.5 Å². The summed E-state index contributed by atoms with van der Waals surface area (Å²) in [4.78, 5) is 23.6. The van der Waals surface area contributed by atoms with E-state index in [-0.39, 0.29) is 29.4 Å². The molecule has 1 aliphatic heterocycles. The molecule has 0 aromatic heterocycles. The van der Waals surface area contributed by atoms with Crippen LogP contribution in [0.15, 0.2) is 18.2 Å². The van der Waals surface area contributed by atoms with Gasteiger partial charge in [-0.15, -0.1) is 0 Å². The topological polar surface area (TPSA) is 75.5 Å². The minimum Gasteiger partial charge on any atom is -0.308 e. The normalized spacial score (nSPS) is 18.9. The Kier molecular flexibility index (Phi) is 3.99. The van der Waals surface area contributed by atoms with E-state index < -0.39 is 10.7 Å². The molecule has 1 amide bonds. The molecule has 1 aromatic rings. The Labute approximate surface area is 115 Å². The zero-order valence-electron chi connectivity index (χ0n) is 11.3. The molecule has 1 unspecified atom stereocenters. The Hall–Kier alpha value is -2.02. The molecule has 1 aromatic carbocycles. The lowest BCUT2D eigenvalue weighted by Gasteiger charge is -2.18. The summed E-state index contributed by atoms with van der Waals surface area (Å²) in [7, 11) is 0. The Balaban J connectivity index is 2.26. The molecule has 0 bridgehead atoms. The standard InChI is InChI=1S/C13H16FN3O3/c1-8(2)15-11-5-6-16(13(11)18)12-7-9(17(19)20)3-4-10(12)14/h3-4,7-8,11,15H,5-6H2,1-2H3. The molecule has 0 aliphatic carbocycles. The van der Waals surface area contributed by atoms with Crippen molar-refractivity contribution < 1.29 is 14.1 Å². The second-order valence-electron chi connectivity index (χ2n) is 5.05. The lowest BCUT2D eigenvalue weighted by molar-refractivity contribution is -0.384. The quantitative estimate of drug-likeness (QED) is 0.675. The summed E-state index contributed by atoms with van der Waals surface area (Å²) < 4.78 is 13.8. The van der Waals surface area contributed by atoms with Gasteiger partial charge in [-0.1, -0.05) is 13.8 Å². The van der Waals surface area contributed by atoms with Gasteiger partial charge >= 0.3 is 0 Å². The molecule has 0 saturated carbocycles. The fourth-order valence-electron chi connectivity index (χ4n) is 2.30. The number of amides is 1. The van der Waals surface area contributed by atoms with Crippen LogP contribution in [0.3, 0.4) is 0 Å². The first-order chi connectivity index (χ1) is 9.40. The van der Waals surface area contributed by atoms with Crippen molar-refractivity contribution in [3.8, 4) is 0 Å². The van der Waals surface area contributed by atoms with Gasteiger partial charge in [-0.3, -0.25) is 14.9 Å². The predicted molar refractivity (Wildman–Crippen MR) is 72.1 cm³/mol. The Morgan fingerprint density at radius 2 is 2.20 bits per heavy atom. The number of nitrogens with zero attached hydrogens (tertiary/aromatic N) is 2. The number of hydrogen-bond acceptors (Lipinski definition) is 4. The highest BCUT2D eigenvalue weighted by atomic mass is 19.1. The van der Waals surface area contributed by atoms with E-state index in [2.05, 4.69) is 5.32 Å². The van der Waals surface area contributed by atoms with Gasteiger partial charge < -0.3 is 10.2 Å². The molecule has 7 heteroatoms. The first kappa shape index (κ1) is 14.4. The third-order valence-electron chi connectivity index (χ3n) is 3.17. The fraction of sp³-hybridized carbons (Fsp3) is 0.462. The van der Waals surface area contributed by atoms with Gasteiger partial charge in [0.25, 0.3) is 5.69 Å². The zero-order chi connectivity index (χ0) is 14.9. The first-order valence-corrected chi connectivity index (χ1v) is 6.41. The average Bonchev–Trinajstić information content (AvgIpc) is 2.71. The SMILES string of the molecule is CC(C)NC1CCN(c2cc([N+](=O)[O-])ccc2F)C1=O. The second-order valence-corrected chi connectivity index (χ2v) is 5.05. The molecule has 20 heavy (non-hydrogen) atoms. The molecule has 0 spiro atoms. The molecule has 1 heterocycles. The van der Waals surface area contributed by atoms with Gasteiger partial charge in [-0.2, -0.15) is 0 Å². The van der Waals surface area contributed by atoms with E-state index in [1.165, 1.54) is 4.90 Å². The maximum absolute atomic E-state index is 13.8. The number of rotatable bonds is 4. The van der Waals surface area contributed by atoms with Crippen molar-refractivity contribution in [3.05, 3.63) is 34.1 Å². The minimum absolute atomic E-state index is 0.0303. The van der Waals surface area contributed by atoms with Gasteiger partial charge in [0, 0.05) is 24.7 Å². The number of hydrogen-bond donors (Lipinski definition) is 1. The highest BCUT2D eigenvalue weighted by molar-refractivity contribution is 5.99. The van der Waals surface area contributed by atoms with Gasteiger partial charge in [0.1, 0.15) is 5.82 Å². The average molecular weight is 281 g/mol. The molecular formula is C13H16FN3O3. The number of nitro groups is 1. The van der Waals surface area contributed by atoms with Crippen molar-refractivity contribution in [2.24, 2.45) is 0 Å². The van der Waals surface area contributed by atoms with E-state index in [1.807, 2.05) is 13.8 Å². The van der Waals surface area contributed by atoms with Crippen LogP contribution < -0.4 is 10.2 Å². The third kappa shape index (κ3) is 2.77. The lowest BCUT2D eigenvalue weighted by atomic mass is 10.2. The molecule has 1 saturated heterocycles. The van der Waals surface area contributed by atoms with Crippen LogP contribution in [0.1, 0.15) is 20.3 Å². The van der Waals surface area contributed by atoms with Crippen molar-refractivity contribution >= 4 is 17.3 Å². The van der Waals surface area contributed by atoms with E-state index in [9.17, 15) is 19.3 Å². The van der Waals surface area contributed by atoms with Crippen LogP contribution in [0.2, 0.25) is 0 Å². The van der Waals surface area contributed by atoms with Crippen LogP contribution >= 0.6 is 0 Å². The number of halogens is 1. The number of nitrogens with one attached hydrogen (secondary N) is 1. The summed E-state index contributed by atoms with van der Waals surface area (Å²) in [6, 6.07) is 2.98. The molecule has 1 N–H and O–H groups in total. The van der Waals surface area contributed by atoms with Gasteiger partial charge in [-0.25, -0.2) is 4.39 Å². The molecule has 108 valence electrons. The summed E-state index contributed by atoms with van der Waals surface area (Å²) in [6.07, 6.45) is 0.555. The van der Waals surface area contributed by atoms with Crippen molar-refractivity contribution in [2.45, 2.75) is 32.4 Å². The van der Waals surface area contributed by atoms with E-state index in [1.54, 1.807) is 0 Å². The zero-order valence-corrected chi connectivity index (χ0v) is 11.3. The first-order valence-electron chi connectivity index (χ1n) is 6.41. The molecular weight excluding hydrogens is 265 g/mol. The minimum atomic E-state index is -0.630. The highest BCUT2D eigenvalue weighted by Crippen LogP contribution is 2.28. The van der Waals surface area contributed by atoms with E-state index >= 15 is 0 Å². The number of benzene rings is 1. The van der Waals surface area contributed by atoms with Gasteiger partial charge in [0.2, 0.25) is 5.91 Å². The summed E-state index contributed by atoms with van der Waals surface area (Å²) in [5.41, 5.74) is -0.258. The summed E-state index contributed by atoms with van der Waals surface area (Å²) in [5, 5.41) is 13.8. The van der Waals surface area contributed by atoms with E-state index in [4.69, 9.17) is 0 Å². The predicted octanol–water partition coefficient (Wildman–Crippen LogP) is 1.84. The van der Waals surface area contributed by atoms with Crippen molar-refractivity contribution in [3.63, 3.8) is 0 Å².